The van der Waals surface area contributed by atoms with Crippen molar-refractivity contribution >= 4 is 5.69 Å². The molecule has 0 bridgehead atoms. The van der Waals surface area contributed by atoms with E-state index < -0.39 is 11.6 Å². The SMILES string of the molecule is Fc1cc(F)cc(N2CCC3(CCNCC3)C2)c1. The lowest BCUT2D eigenvalue weighted by Crippen LogP contribution is -2.38. The molecule has 0 radical (unpaired) electrons. The van der Waals surface area contributed by atoms with Crippen LogP contribution in [0.15, 0.2) is 18.2 Å². The maximum atomic E-state index is 13.2. The first-order valence-corrected chi connectivity index (χ1v) is 6.59. The molecule has 2 aliphatic heterocycles. The van der Waals surface area contributed by atoms with Crippen molar-refractivity contribution < 1.29 is 8.78 Å². The van der Waals surface area contributed by atoms with Crippen molar-refractivity contribution in [1.29, 1.82) is 0 Å². The summed E-state index contributed by atoms with van der Waals surface area (Å²) in [5, 5.41) is 3.37. The zero-order chi connectivity index (χ0) is 12.6. The quantitative estimate of drug-likeness (QED) is 0.826. The molecule has 0 unspecified atom stereocenters. The number of anilines is 1. The molecular formula is C14H18F2N2. The molecule has 18 heavy (non-hydrogen) atoms. The van der Waals surface area contributed by atoms with Gasteiger partial charge in [-0.05, 0) is 49.9 Å². The Balaban J connectivity index is 1.78. The van der Waals surface area contributed by atoms with Crippen molar-refractivity contribution in [2.45, 2.75) is 19.3 Å². The van der Waals surface area contributed by atoms with E-state index in [1.807, 2.05) is 0 Å². The van der Waals surface area contributed by atoms with E-state index >= 15 is 0 Å². The van der Waals surface area contributed by atoms with Crippen LogP contribution in [-0.4, -0.2) is 26.2 Å². The van der Waals surface area contributed by atoms with Crippen molar-refractivity contribution in [3.05, 3.63) is 29.8 Å². The number of nitrogens with one attached hydrogen (secondary N) is 1. The Hall–Kier alpha value is -1.16. The summed E-state index contributed by atoms with van der Waals surface area (Å²) in [4.78, 5) is 2.12. The van der Waals surface area contributed by atoms with Crippen LogP contribution in [-0.2, 0) is 0 Å². The van der Waals surface area contributed by atoms with E-state index in [0.717, 1.165) is 38.7 Å². The van der Waals surface area contributed by atoms with E-state index in [4.69, 9.17) is 0 Å². The molecule has 3 rings (SSSR count). The van der Waals surface area contributed by atoms with Gasteiger partial charge in [-0.25, -0.2) is 8.78 Å². The number of hydrogen-bond donors (Lipinski definition) is 1. The molecule has 4 heteroatoms. The topological polar surface area (TPSA) is 15.3 Å². The summed E-state index contributed by atoms with van der Waals surface area (Å²) in [7, 11) is 0. The molecule has 1 aromatic carbocycles. The van der Waals surface area contributed by atoms with Gasteiger partial charge in [0.25, 0.3) is 0 Å². The van der Waals surface area contributed by atoms with Gasteiger partial charge >= 0.3 is 0 Å². The summed E-state index contributed by atoms with van der Waals surface area (Å²) in [6.45, 7) is 3.96. The molecule has 98 valence electrons. The lowest BCUT2D eigenvalue weighted by Gasteiger charge is -2.34. The maximum absolute atomic E-state index is 13.2. The van der Waals surface area contributed by atoms with Gasteiger partial charge in [-0.1, -0.05) is 0 Å². The molecule has 0 amide bonds. The van der Waals surface area contributed by atoms with Crippen LogP contribution in [0.5, 0.6) is 0 Å². The van der Waals surface area contributed by atoms with Gasteiger partial charge in [0, 0.05) is 24.8 Å². The molecule has 2 fully saturated rings. The molecular weight excluding hydrogens is 234 g/mol. The molecule has 0 aliphatic carbocycles. The van der Waals surface area contributed by atoms with Crippen molar-refractivity contribution in [3.8, 4) is 0 Å². The smallest absolute Gasteiger partial charge is 0.128 e. The third-order valence-electron chi connectivity index (χ3n) is 4.32. The van der Waals surface area contributed by atoms with Gasteiger partial charge in [0.05, 0.1) is 0 Å². The maximum Gasteiger partial charge on any atom is 0.128 e. The average molecular weight is 252 g/mol. The molecule has 0 aromatic heterocycles. The van der Waals surface area contributed by atoms with Gasteiger partial charge in [0.2, 0.25) is 0 Å². The average Bonchev–Trinajstić information content (AvgIpc) is 2.73. The van der Waals surface area contributed by atoms with Gasteiger partial charge in [0.1, 0.15) is 11.6 Å². The second-order valence-electron chi connectivity index (χ2n) is 5.55. The van der Waals surface area contributed by atoms with Crippen molar-refractivity contribution in [2.75, 3.05) is 31.1 Å². The normalized spacial score (nSPS) is 22.7. The van der Waals surface area contributed by atoms with Gasteiger partial charge in [0.15, 0.2) is 0 Å². The summed E-state index contributed by atoms with van der Waals surface area (Å²) >= 11 is 0. The molecule has 1 N–H and O–H groups in total. The van der Waals surface area contributed by atoms with Crippen LogP contribution in [0, 0.1) is 17.0 Å². The first-order chi connectivity index (χ1) is 8.67. The van der Waals surface area contributed by atoms with Crippen LogP contribution in [0.3, 0.4) is 0 Å². The van der Waals surface area contributed by atoms with Crippen molar-refractivity contribution in [1.82, 2.24) is 5.32 Å². The van der Waals surface area contributed by atoms with E-state index in [9.17, 15) is 8.78 Å². The second-order valence-corrected chi connectivity index (χ2v) is 5.55. The summed E-state index contributed by atoms with van der Waals surface area (Å²) < 4.78 is 26.5. The first-order valence-electron chi connectivity index (χ1n) is 6.59. The second kappa shape index (κ2) is 4.50. The Morgan fingerprint density at radius 2 is 1.67 bits per heavy atom. The Labute approximate surface area is 106 Å². The standard InChI is InChI=1S/C14H18F2N2/c15-11-7-12(16)9-13(8-11)18-6-3-14(10-18)1-4-17-5-2-14/h7-9,17H,1-6,10H2. The zero-order valence-corrected chi connectivity index (χ0v) is 10.4. The van der Waals surface area contributed by atoms with Crippen LogP contribution < -0.4 is 10.2 Å². The van der Waals surface area contributed by atoms with Gasteiger partial charge in [-0.15, -0.1) is 0 Å². The highest BCUT2D eigenvalue weighted by molar-refractivity contribution is 5.48. The summed E-state index contributed by atoms with van der Waals surface area (Å²) in [5.41, 5.74) is 1.04. The number of nitrogens with zero attached hydrogens (tertiary/aromatic N) is 1. The van der Waals surface area contributed by atoms with Gasteiger partial charge in [-0.3, -0.25) is 0 Å². The minimum absolute atomic E-state index is 0.355. The summed E-state index contributed by atoms with van der Waals surface area (Å²) in [6.07, 6.45) is 3.47. The Bertz CT molecular complexity index is 421. The van der Waals surface area contributed by atoms with Crippen LogP contribution >= 0.6 is 0 Å². The number of halogens is 2. The molecule has 0 atom stereocenters. The van der Waals surface area contributed by atoms with E-state index in [-0.39, 0.29) is 0 Å². The fourth-order valence-corrected chi connectivity index (χ4v) is 3.24. The molecule has 0 saturated carbocycles. The molecule has 1 aromatic rings. The van der Waals surface area contributed by atoms with E-state index in [1.165, 1.54) is 25.0 Å². The predicted octanol–water partition coefficient (Wildman–Crippen LogP) is 2.54. The van der Waals surface area contributed by atoms with E-state index in [2.05, 4.69) is 10.2 Å². The van der Waals surface area contributed by atoms with Gasteiger partial charge < -0.3 is 10.2 Å². The highest BCUT2D eigenvalue weighted by atomic mass is 19.1. The summed E-state index contributed by atoms with van der Waals surface area (Å²) in [5.74, 6) is -0.979. The number of hydrogen-bond acceptors (Lipinski definition) is 2. The van der Waals surface area contributed by atoms with E-state index in [0.29, 0.717) is 11.1 Å². The highest BCUT2D eigenvalue weighted by Crippen LogP contribution is 2.40. The fraction of sp³-hybridized carbons (Fsp3) is 0.571. The van der Waals surface area contributed by atoms with Crippen LogP contribution in [0.25, 0.3) is 0 Å². The number of piperidine rings is 1. The molecule has 2 heterocycles. The minimum Gasteiger partial charge on any atom is -0.371 e. The lowest BCUT2D eigenvalue weighted by molar-refractivity contribution is 0.232. The molecule has 2 saturated heterocycles. The van der Waals surface area contributed by atoms with Crippen LogP contribution in [0.2, 0.25) is 0 Å². The number of rotatable bonds is 1. The minimum atomic E-state index is -0.490. The third-order valence-corrected chi connectivity index (χ3v) is 4.32. The Morgan fingerprint density at radius 3 is 2.33 bits per heavy atom. The highest BCUT2D eigenvalue weighted by Gasteiger charge is 2.38. The largest absolute Gasteiger partial charge is 0.371 e. The summed E-state index contributed by atoms with van der Waals surface area (Å²) in [6, 6.07) is 3.80. The van der Waals surface area contributed by atoms with Crippen LogP contribution in [0.1, 0.15) is 19.3 Å². The lowest BCUT2D eigenvalue weighted by atomic mass is 9.78. The Morgan fingerprint density at radius 1 is 1.00 bits per heavy atom. The number of benzene rings is 1. The van der Waals surface area contributed by atoms with Crippen molar-refractivity contribution in [3.63, 3.8) is 0 Å². The molecule has 1 spiro atoms. The van der Waals surface area contributed by atoms with Crippen molar-refractivity contribution in [2.24, 2.45) is 5.41 Å². The van der Waals surface area contributed by atoms with Crippen LogP contribution in [0.4, 0.5) is 14.5 Å². The van der Waals surface area contributed by atoms with E-state index in [1.54, 1.807) is 0 Å². The predicted molar refractivity (Wildman–Crippen MR) is 67.7 cm³/mol. The monoisotopic (exact) mass is 252 g/mol. The Kier molecular flexibility index (Phi) is 2.98. The first kappa shape index (κ1) is 11.9. The molecule has 2 nitrogen and oxygen atoms in total. The fourth-order valence-electron chi connectivity index (χ4n) is 3.24. The van der Waals surface area contributed by atoms with Gasteiger partial charge in [-0.2, -0.15) is 0 Å². The molecule has 2 aliphatic rings. The zero-order valence-electron chi connectivity index (χ0n) is 10.4. The third kappa shape index (κ3) is 2.21.